The minimum Gasteiger partial charge on any atom is -0.368 e. The number of nitrogens with zero attached hydrogens (tertiary/aromatic N) is 5. The quantitative estimate of drug-likeness (QED) is 0.416. The van der Waals surface area contributed by atoms with Crippen LogP contribution in [0.15, 0.2) is 35.3 Å². The van der Waals surface area contributed by atoms with Gasteiger partial charge in [0.2, 0.25) is 11.9 Å². The number of aliphatic imine (C=N–C) groups is 1. The summed E-state index contributed by atoms with van der Waals surface area (Å²) in [7, 11) is 0. The third-order valence-corrected chi connectivity index (χ3v) is 6.08. The Hall–Kier alpha value is -2.81. The van der Waals surface area contributed by atoms with E-state index >= 15 is 0 Å². The first-order valence-corrected chi connectivity index (χ1v) is 11.6. The van der Waals surface area contributed by atoms with Crippen LogP contribution in [0.4, 0.5) is 16.0 Å². The lowest BCUT2D eigenvalue weighted by Gasteiger charge is -2.37. The van der Waals surface area contributed by atoms with E-state index in [1.54, 1.807) is 0 Å². The maximum absolute atomic E-state index is 13.3. The van der Waals surface area contributed by atoms with Crippen LogP contribution in [0.2, 0.25) is 0 Å². The molecule has 1 aliphatic heterocycles. The zero-order valence-corrected chi connectivity index (χ0v) is 19.5. The van der Waals surface area contributed by atoms with E-state index in [0.717, 1.165) is 56.1 Å². The average molecular weight is 456 g/mol. The molecule has 2 aliphatic rings. The van der Waals surface area contributed by atoms with Crippen molar-refractivity contribution < 1.29 is 4.39 Å². The van der Waals surface area contributed by atoms with Gasteiger partial charge in [-0.2, -0.15) is 4.99 Å². The van der Waals surface area contributed by atoms with Gasteiger partial charge in [-0.3, -0.25) is 5.32 Å². The number of nitrogens with one attached hydrogen (secondary N) is 2. The molecule has 1 aliphatic carbocycles. The van der Waals surface area contributed by atoms with E-state index in [9.17, 15) is 4.39 Å². The van der Waals surface area contributed by atoms with Gasteiger partial charge >= 0.3 is 0 Å². The number of thiocarbonyl (C=S) groups is 1. The van der Waals surface area contributed by atoms with Crippen molar-refractivity contribution in [1.29, 1.82) is 0 Å². The molecule has 0 radical (unpaired) electrons. The Morgan fingerprint density at radius 2 is 1.66 bits per heavy atom. The number of halogens is 1. The summed E-state index contributed by atoms with van der Waals surface area (Å²) in [5.74, 6) is 0.956. The van der Waals surface area contributed by atoms with Crippen LogP contribution in [0.5, 0.6) is 0 Å². The van der Waals surface area contributed by atoms with E-state index in [2.05, 4.69) is 30.4 Å². The molecule has 0 amide bonds. The lowest BCUT2D eigenvalue weighted by molar-refractivity contribution is 0.385. The van der Waals surface area contributed by atoms with Gasteiger partial charge in [0.25, 0.3) is 0 Å². The molecule has 0 unspecified atom stereocenters. The molecule has 1 aromatic carbocycles. The monoisotopic (exact) mass is 455 g/mol. The van der Waals surface area contributed by atoms with Crippen LogP contribution in [0, 0.1) is 19.7 Å². The van der Waals surface area contributed by atoms with Crippen LogP contribution in [0.3, 0.4) is 0 Å². The van der Waals surface area contributed by atoms with Gasteiger partial charge in [-0.25, -0.2) is 14.4 Å². The number of aryl methyl sites for hydroxylation is 2. The summed E-state index contributed by atoms with van der Waals surface area (Å²) in [5, 5.41) is 7.18. The highest BCUT2D eigenvalue weighted by Crippen LogP contribution is 2.19. The highest BCUT2D eigenvalue weighted by molar-refractivity contribution is 7.80. The highest BCUT2D eigenvalue weighted by atomic mass is 32.1. The summed E-state index contributed by atoms with van der Waals surface area (Å²) >= 11 is 5.56. The average Bonchev–Trinajstić information content (AvgIpc) is 3.26. The fourth-order valence-electron chi connectivity index (χ4n) is 4.26. The smallest absolute Gasteiger partial charge is 0.229 e. The van der Waals surface area contributed by atoms with Gasteiger partial charge in [-0.05, 0) is 69.2 Å². The van der Waals surface area contributed by atoms with Gasteiger partial charge in [-0.15, -0.1) is 0 Å². The fourth-order valence-corrected chi connectivity index (χ4v) is 4.51. The number of guanidine groups is 1. The van der Waals surface area contributed by atoms with Crippen LogP contribution in [0.1, 0.15) is 37.1 Å². The lowest BCUT2D eigenvalue weighted by Crippen LogP contribution is -2.51. The molecule has 7 nitrogen and oxygen atoms in total. The Balaban J connectivity index is 1.48. The SMILES string of the molecule is Cc1cc(C)nc(N/C(=N/C(=S)NC2CCCC2)N2CCN(c3ccc(F)cc3)CC2)n1. The first kappa shape index (κ1) is 22.4. The van der Waals surface area contributed by atoms with Crippen molar-refractivity contribution in [3.63, 3.8) is 0 Å². The molecule has 32 heavy (non-hydrogen) atoms. The van der Waals surface area contributed by atoms with Crippen molar-refractivity contribution in [2.24, 2.45) is 4.99 Å². The maximum atomic E-state index is 13.3. The summed E-state index contributed by atoms with van der Waals surface area (Å²) in [6, 6.07) is 8.99. The molecule has 2 fully saturated rings. The normalized spacial score (nSPS) is 17.5. The summed E-state index contributed by atoms with van der Waals surface area (Å²) in [4.78, 5) is 18.2. The van der Waals surface area contributed by atoms with Gasteiger partial charge in [0, 0.05) is 49.3 Å². The van der Waals surface area contributed by atoms with Gasteiger partial charge in [0.1, 0.15) is 5.82 Å². The molecule has 9 heteroatoms. The summed E-state index contributed by atoms with van der Waals surface area (Å²) < 4.78 is 13.3. The van der Waals surface area contributed by atoms with Crippen LogP contribution in [-0.4, -0.2) is 58.2 Å². The van der Waals surface area contributed by atoms with E-state index in [4.69, 9.17) is 17.2 Å². The van der Waals surface area contributed by atoms with Crippen molar-refractivity contribution in [3.05, 3.63) is 47.5 Å². The van der Waals surface area contributed by atoms with Crippen LogP contribution < -0.4 is 15.5 Å². The number of hydrogen-bond acceptors (Lipinski definition) is 4. The molecular formula is C23H30FN7S. The molecule has 0 spiro atoms. The minimum atomic E-state index is -0.220. The number of aromatic nitrogens is 2. The fraction of sp³-hybridized carbons (Fsp3) is 0.478. The number of anilines is 2. The van der Waals surface area contributed by atoms with Crippen molar-refractivity contribution >= 4 is 34.9 Å². The number of benzene rings is 1. The zero-order chi connectivity index (χ0) is 22.5. The highest BCUT2D eigenvalue weighted by Gasteiger charge is 2.22. The minimum absolute atomic E-state index is 0.220. The maximum Gasteiger partial charge on any atom is 0.229 e. The van der Waals surface area contributed by atoms with E-state index in [0.29, 0.717) is 23.1 Å². The predicted octanol–water partition coefficient (Wildman–Crippen LogP) is 3.64. The largest absolute Gasteiger partial charge is 0.368 e. The Bertz CT molecular complexity index is 945. The molecular weight excluding hydrogens is 425 g/mol. The molecule has 1 saturated heterocycles. The molecule has 1 saturated carbocycles. The molecule has 2 heterocycles. The first-order chi connectivity index (χ1) is 15.5. The second-order valence-electron chi connectivity index (χ2n) is 8.42. The molecule has 0 atom stereocenters. The van der Waals surface area contributed by atoms with Crippen LogP contribution >= 0.6 is 12.2 Å². The second-order valence-corrected chi connectivity index (χ2v) is 8.80. The van der Waals surface area contributed by atoms with Crippen LogP contribution in [0.25, 0.3) is 0 Å². The van der Waals surface area contributed by atoms with E-state index in [1.165, 1.54) is 25.0 Å². The summed E-state index contributed by atoms with van der Waals surface area (Å²) in [6.07, 6.45) is 4.73. The third-order valence-electron chi connectivity index (χ3n) is 5.87. The first-order valence-electron chi connectivity index (χ1n) is 11.2. The van der Waals surface area contributed by atoms with Crippen molar-refractivity contribution in [2.75, 3.05) is 36.4 Å². The topological polar surface area (TPSA) is 68.7 Å². The standard InChI is InChI=1S/C23H30FN7S/c1-16-15-17(2)26-21(25-16)28-22(29-23(32)27-19-5-3-4-6-19)31-13-11-30(12-14-31)20-9-7-18(24)8-10-20/h7-10,15,19H,3-6,11-14H2,1-2H3,(H2,25,26,27,28,29,32). The third kappa shape index (κ3) is 5.91. The van der Waals surface area contributed by atoms with E-state index < -0.39 is 0 Å². The van der Waals surface area contributed by atoms with Gasteiger partial charge in [0.15, 0.2) is 5.11 Å². The predicted molar refractivity (Wildman–Crippen MR) is 131 cm³/mol. The second kappa shape index (κ2) is 10.2. The Kier molecular flexibility index (Phi) is 7.14. The zero-order valence-electron chi connectivity index (χ0n) is 18.6. The molecule has 0 bridgehead atoms. The molecule has 2 N–H and O–H groups in total. The summed E-state index contributed by atoms with van der Waals surface area (Å²) in [6.45, 7) is 6.99. The molecule has 2 aromatic rings. The molecule has 1 aromatic heterocycles. The Morgan fingerprint density at radius 1 is 1.03 bits per heavy atom. The van der Waals surface area contributed by atoms with E-state index in [-0.39, 0.29) is 5.82 Å². The van der Waals surface area contributed by atoms with Crippen molar-refractivity contribution in [3.8, 4) is 0 Å². The van der Waals surface area contributed by atoms with Crippen molar-refractivity contribution in [2.45, 2.75) is 45.6 Å². The number of hydrogen-bond donors (Lipinski definition) is 2. The Morgan fingerprint density at radius 3 is 2.28 bits per heavy atom. The Labute approximate surface area is 194 Å². The number of rotatable bonds is 3. The van der Waals surface area contributed by atoms with Crippen LogP contribution in [-0.2, 0) is 0 Å². The lowest BCUT2D eigenvalue weighted by atomic mass is 10.2. The van der Waals surface area contributed by atoms with Gasteiger partial charge in [0.05, 0.1) is 0 Å². The summed E-state index contributed by atoms with van der Waals surface area (Å²) in [5.41, 5.74) is 2.81. The van der Waals surface area contributed by atoms with Gasteiger partial charge in [-0.1, -0.05) is 12.8 Å². The van der Waals surface area contributed by atoms with E-state index in [1.807, 2.05) is 32.0 Å². The molecule has 170 valence electrons. The van der Waals surface area contributed by atoms with Gasteiger partial charge < -0.3 is 15.1 Å². The van der Waals surface area contributed by atoms with Crippen molar-refractivity contribution in [1.82, 2.24) is 20.2 Å². The number of piperazine rings is 1. The molecule has 4 rings (SSSR count).